The Kier molecular flexibility index (Phi) is 3.47. The molecule has 0 radical (unpaired) electrons. The molecule has 18 heavy (non-hydrogen) atoms. The van der Waals surface area contributed by atoms with Crippen LogP contribution in [0.5, 0.6) is 0 Å². The molecule has 2 N–H and O–H groups in total. The number of benzene rings is 1. The van der Waals surface area contributed by atoms with E-state index in [0.29, 0.717) is 15.7 Å². The van der Waals surface area contributed by atoms with Crippen molar-refractivity contribution in [2.45, 2.75) is 13.1 Å². The Balaban J connectivity index is 2.39. The summed E-state index contributed by atoms with van der Waals surface area (Å²) in [6, 6.07) is 6.51. The summed E-state index contributed by atoms with van der Waals surface area (Å²) in [7, 11) is 0. The molecule has 0 amide bonds. The lowest BCUT2D eigenvalue weighted by molar-refractivity contribution is 0.0690. The van der Waals surface area contributed by atoms with E-state index >= 15 is 0 Å². The van der Waals surface area contributed by atoms with Gasteiger partial charge in [-0.2, -0.15) is 5.10 Å². The number of carbonyl (C=O) groups is 1. The maximum atomic E-state index is 13.2. The van der Waals surface area contributed by atoms with Gasteiger partial charge in [-0.1, -0.05) is 28.1 Å². The van der Waals surface area contributed by atoms with Gasteiger partial charge in [-0.05, 0) is 24.6 Å². The van der Waals surface area contributed by atoms with Crippen molar-refractivity contribution in [1.82, 2.24) is 10.2 Å². The van der Waals surface area contributed by atoms with Gasteiger partial charge in [-0.15, -0.1) is 0 Å². The number of rotatable bonds is 3. The summed E-state index contributed by atoms with van der Waals surface area (Å²) in [5.41, 5.74) is 1.79. The summed E-state index contributed by atoms with van der Waals surface area (Å²) in [6.07, 6.45) is -1.07. The van der Waals surface area contributed by atoms with E-state index in [2.05, 4.69) is 26.1 Å². The van der Waals surface area contributed by atoms with Crippen LogP contribution in [0.4, 0.5) is 4.39 Å². The number of hydrogen-bond acceptors (Lipinski definition) is 2. The van der Waals surface area contributed by atoms with Gasteiger partial charge in [0.05, 0.1) is 5.69 Å². The van der Waals surface area contributed by atoms with Gasteiger partial charge in [0.15, 0.2) is 0 Å². The van der Waals surface area contributed by atoms with Crippen LogP contribution in [-0.4, -0.2) is 21.3 Å². The number of aromatic amines is 1. The molecule has 2 aromatic rings. The van der Waals surface area contributed by atoms with Gasteiger partial charge >= 0.3 is 5.97 Å². The summed E-state index contributed by atoms with van der Waals surface area (Å²) in [6.45, 7) is 1.46. The maximum absolute atomic E-state index is 13.2. The first-order chi connectivity index (χ1) is 8.49. The number of aromatic nitrogens is 2. The van der Waals surface area contributed by atoms with Crippen molar-refractivity contribution in [2.75, 3.05) is 0 Å². The minimum absolute atomic E-state index is 0.0176. The highest BCUT2D eigenvalue weighted by molar-refractivity contribution is 9.10. The van der Waals surface area contributed by atoms with Crippen LogP contribution in [0.2, 0.25) is 0 Å². The number of H-pyrrole nitrogens is 1. The highest BCUT2D eigenvalue weighted by atomic mass is 79.9. The number of nitrogens with one attached hydrogen (secondary N) is 1. The molecule has 0 fully saturated rings. The largest absolute Gasteiger partial charge is 0.477 e. The summed E-state index contributed by atoms with van der Waals surface area (Å²) in [5, 5.41) is 15.1. The van der Waals surface area contributed by atoms with Crippen LogP contribution in [0.3, 0.4) is 0 Å². The van der Waals surface area contributed by atoms with E-state index in [0.717, 1.165) is 5.56 Å². The quantitative estimate of drug-likeness (QED) is 0.910. The van der Waals surface area contributed by atoms with Gasteiger partial charge in [0.25, 0.3) is 0 Å². The molecule has 0 aliphatic rings. The minimum Gasteiger partial charge on any atom is -0.477 e. The first-order valence-electron chi connectivity index (χ1n) is 5.21. The van der Waals surface area contributed by atoms with Gasteiger partial charge < -0.3 is 5.11 Å². The zero-order chi connectivity index (χ0) is 13.3. The molecule has 1 atom stereocenters. The summed E-state index contributed by atoms with van der Waals surface area (Å²) < 4.78 is 13.8. The molecule has 0 aliphatic heterocycles. The molecule has 0 saturated heterocycles. The van der Waals surface area contributed by atoms with E-state index in [9.17, 15) is 9.18 Å². The third-order valence-electron chi connectivity index (χ3n) is 2.53. The molecule has 94 valence electrons. The van der Waals surface area contributed by atoms with Gasteiger partial charge in [0, 0.05) is 10.0 Å². The first-order valence-corrected chi connectivity index (χ1v) is 6.01. The third-order valence-corrected chi connectivity index (χ3v) is 3.22. The minimum atomic E-state index is -1.07. The van der Waals surface area contributed by atoms with Crippen LogP contribution < -0.4 is 0 Å². The smallest absolute Gasteiger partial charge is 0.353 e. The molecule has 2 rings (SSSR count). The van der Waals surface area contributed by atoms with Gasteiger partial charge in [0.1, 0.15) is 11.9 Å². The molecular weight excluding hydrogens is 303 g/mol. The van der Waals surface area contributed by atoms with Crippen LogP contribution in [0.1, 0.15) is 29.1 Å². The zero-order valence-electron chi connectivity index (χ0n) is 9.45. The number of carboxylic acid groups (broad SMARTS) is 1. The van der Waals surface area contributed by atoms with Gasteiger partial charge in [0.2, 0.25) is 0 Å². The van der Waals surface area contributed by atoms with Crippen molar-refractivity contribution in [2.24, 2.45) is 0 Å². The fourth-order valence-electron chi connectivity index (χ4n) is 1.59. The highest BCUT2D eigenvalue weighted by Crippen LogP contribution is 2.30. The molecule has 1 aromatic heterocycles. The predicted molar refractivity (Wildman–Crippen MR) is 68.2 cm³/mol. The van der Waals surface area contributed by atoms with E-state index < -0.39 is 12.1 Å². The van der Waals surface area contributed by atoms with Crippen molar-refractivity contribution < 1.29 is 14.3 Å². The second kappa shape index (κ2) is 4.89. The van der Waals surface area contributed by atoms with Gasteiger partial charge in [-0.25, -0.2) is 9.18 Å². The second-order valence-corrected chi connectivity index (χ2v) is 4.68. The van der Waals surface area contributed by atoms with Crippen LogP contribution in [0.15, 0.2) is 28.7 Å². The molecular formula is C12H10BrFN2O2. The number of aromatic carboxylic acids is 1. The molecule has 0 spiro atoms. The Morgan fingerprint density at radius 1 is 1.50 bits per heavy atom. The van der Waals surface area contributed by atoms with E-state index in [4.69, 9.17) is 5.11 Å². The van der Waals surface area contributed by atoms with Crippen LogP contribution in [-0.2, 0) is 0 Å². The Labute approximate surface area is 111 Å². The van der Waals surface area contributed by atoms with Crippen molar-refractivity contribution in [3.63, 3.8) is 0 Å². The van der Waals surface area contributed by atoms with E-state index in [-0.39, 0.29) is 5.69 Å². The SMILES string of the molecule is CC(F)c1ccc(-c2cc(C(=O)O)[nH]n2)cc1Br. The maximum Gasteiger partial charge on any atom is 0.353 e. The lowest BCUT2D eigenvalue weighted by Gasteiger charge is -2.06. The molecule has 1 heterocycles. The van der Waals surface area contributed by atoms with Gasteiger partial charge in [-0.3, -0.25) is 5.10 Å². The van der Waals surface area contributed by atoms with Crippen molar-refractivity contribution >= 4 is 21.9 Å². The summed E-state index contributed by atoms with van der Waals surface area (Å²) in [4.78, 5) is 10.7. The van der Waals surface area contributed by atoms with E-state index in [1.807, 2.05) is 0 Å². The number of carboxylic acids is 1. The zero-order valence-corrected chi connectivity index (χ0v) is 11.0. The molecule has 0 saturated carbocycles. The number of nitrogens with zero attached hydrogens (tertiary/aromatic N) is 1. The summed E-state index contributed by atoms with van der Waals surface area (Å²) >= 11 is 3.29. The molecule has 1 unspecified atom stereocenters. The molecule has 1 aromatic carbocycles. The summed E-state index contributed by atoms with van der Waals surface area (Å²) in [5.74, 6) is -1.07. The van der Waals surface area contributed by atoms with Crippen LogP contribution in [0, 0.1) is 0 Å². The lowest BCUT2D eigenvalue weighted by Crippen LogP contribution is -1.95. The molecule has 6 heteroatoms. The number of hydrogen-bond donors (Lipinski definition) is 2. The van der Waals surface area contributed by atoms with Crippen LogP contribution >= 0.6 is 15.9 Å². The van der Waals surface area contributed by atoms with E-state index in [1.54, 1.807) is 18.2 Å². The van der Waals surface area contributed by atoms with Crippen LogP contribution in [0.25, 0.3) is 11.3 Å². The average Bonchev–Trinajstić information content (AvgIpc) is 2.77. The molecule has 0 bridgehead atoms. The highest BCUT2D eigenvalue weighted by Gasteiger charge is 2.12. The normalized spacial score (nSPS) is 12.4. The fraction of sp³-hybridized carbons (Fsp3) is 0.167. The first kappa shape index (κ1) is 12.8. The van der Waals surface area contributed by atoms with Crippen molar-refractivity contribution in [3.8, 4) is 11.3 Å². The number of alkyl halides is 1. The Morgan fingerprint density at radius 3 is 2.72 bits per heavy atom. The predicted octanol–water partition coefficient (Wildman–Crippen LogP) is 3.57. The van der Waals surface area contributed by atoms with Crippen molar-refractivity contribution in [3.05, 3.63) is 40.0 Å². The van der Waals surface area contributed by atoms with E-state index in [1.165, 1.54) is 13.0 Å². The lowest BCUT2D eigenvalue weighted by atomic mass is 10.1. The monoisotopic (exact) mass is 312 g/mol. The molecule has 4 nitrogen and oxygen atoms in total. The third kappa shape index (κ3) is 2.43. The van der Waals surface area contributed by atoms with Crippen molar-refractivity contribution in [1.29, 1.82) is 0 Å². The second-order valence-electron chi connectivity index (χ2n) is 3.82. The Morgan fingerprint density at radius 2 is 2.22 bits per heavy atom. The number of halogens is 2. The standard InChI is InChI=1S/C12H10BrFN2O2/c1-6(14)8-3-2-7(4-9(8)13)10-5-11(12(17)18)16-15-10/h2-6H,1H3,(H,15,16)(H,17,18). The average molecular weight is 313 g/mol. The topological polar surface area (TPSA) is 66.0 Å². The Hall–Kier alpha value is -1.69. The molecule has 0 aliphatic carbocycles. The fourth-order valence-corrected chi connectivity index (χ4v) is 2.28. The Bertz CT molecular complexity index is 596.